The van der Waals surface area contributed by atoms with Gasteiger partial charge in [-0.05, 0) is 24.1 Å². The Morgan fingerprint density at radius 3 is 2.78 bits per heavy atom. The van der Waals surface area contributed by atoms with Crippen molar-refractivity contribution in [3.8, 4) is 0 Å². The number of hydrogen-bond donors (Lipinski definition) is 1. The van der Waals surface area contributed by atoms with Crippen LogP contribution in [0.1, 0.15) is 29.3 Å². The predicted molar refractivity (Wildman–Crippen MR) is 78.4 cm³/mol. The number of benzene rings is 1. The smallest absolute Gasteiger partial charge is 0.392 e. The fraction of sp³-hybridized carbons (Fsp3) is 0.438. The minimum Gasteiger partial charge on any atom is -0.392 e. The average Bonchev–Trinajstić information content (AvgIpc) is 3.05. The zero-order valence-electron chi connectivity index (χ0n) is 12.7. The van der Waals surface area contributed by atoms with Crippen molar-refractivity contribution in [2.75, 3.05) is 6.54 Å². The third-order valence-corrected chi connectivity index (χ3v) is 4.26. The van der Waals surface area contributed by atoms with Gasteiger partial charge in [-0.25, -0.2) is 4.98 Å². The number of halogens is 3. The van der Waals surface area contributed by atoms with Crippen molar-refractivity contribution in [3.63, 3.8) is 0 Å². The van der Waals surface area contributed by atoms with Crippen LogP contribution in [0, 0.1) is 0 Å². The van der Waals surface area contributed by atoms with Crippen molar-refractivity contribution in [1.82, 2.24) is 14.5 Å². The molecule has 1 aliphatic rings. The molecule has 0 unspecified atom stereocenters. The van der Waals surface area contributed by atoms with Gasteiger partial charge >= 0.3 is 6.18 Å². The summed E-state index contributed by atoms with van der Waals surface area (Å²) in [5.74, 6) is 0. The van der Waals surface area contributed by atoms with Gasteiger partial charge in [-0.15, -0.1) is 0 Å². The lowest BCUT2D eigenvalue weighted by atomic mass is 10.0. The van der Waals surface area contributed by atoms with E-state index >= 15 is 0 Å². The molecule has 1 aliphatic heterocycles. The Labute approximate surface area is 132 Å². The van der Waals surface area contributed by atoms with Crippen LogP contribution in [0.3, 0.4) is 0 Å². The van der Waals surface area contributed by atoms with E-state index in [4.69, 9.17) is 0 Å². The van der Waals surface area contributed by atoms with Crippen molar-refractivity contribution < 1.29 is 18.3 Å². The number of imidazole rings is 1. The van der Waals surface area contributed by atoms with Gasteiger partial charge < -0.3 is 9.67 Å². The highest BCUT2D eigenvalue weighted by Crippen LogP contribution is 2.36. The van der Waals surface area contributed by atoms with E-state index < -0.39 is 17.8 Å². The van der Waals surface area contributed by atoms with Gasteiger partial charge in [0.25, 0.3) is 0 Å². The molecule has 0 radical (unpaired) electrons. The quantitative estimate of drug-likeness (QED) is 0.943. The first kappa shape index (κ1) is 16.0. The fourth-order valence-corrected chi connectivity index (χ4v) is 3.07. The number of alkyl halides is 3. The second-order valence-electron chi connectivity index (χ2n) is 5.95. The molecule has 1 aromatic carbocycles. The third-order valence-electron chi connectivity index (χ3n) is 4.26. The second kappa shape index (κ2) is 5.98. The minimum atomic E-state index is -4.36. The lowest BCUT2D eigenvalue weighted by Crippen LogP contribution is -2.25. The largest absolute Gasteiger partial charge is 0.416 e. The van der Waals surface area contributed by atoms with E-state index in [0.717, 1.165) is 11.8 Å². The van der Waals surface area contributed by atoms with Gasteiger partial charge in [0.15, 0.2) is 0 Å². The zero-order valence-corrected chi connectivity index (χ0v) is 12.7. The van der Waals surface area contributed by atoms with Crippen LogP contribution < -0.4 is 0 Å². The van der Waals surface area contributed by atoms with Crippen molar-refractivity contribution >= 4 is 0 Å². The summed E-state index contributed by atoms with van der Waals surface area (Å²) in [5.41, 5.74) is 0.881. The molecule has 2 atom stereocenters. The number of rotatable bonds is 3. The molecular formula is C16H18F3N3O. The molecule has 1 aromatic heterocycles. The van der Waals surface area contributed by atoms with Gasteiger partial charge in [-0.3, -0.25) is 4.90 Å². The standard InChI is InChI=1S/C16H18F3N3O/c1-21-10-20-7-13(21)8-22-9-14(23)6-15(22)11-3-2-4-12(5-11)16(17,18)19/h2-5,7,10,14-15,23H,6,8-9H2,1H3/t14-,15+/m0/s1. The summed E-state index contributed by atoms with van der Waals surface area (Å²) < 4.78 is 40.6. The lowest BCUT2D eigenvalue weighted by Gasteiger charge is -2.25. The Bertz CT molecular complexity index is 683. The van der Waals surface area contributed by atoms with Crippen LogP contribution in [0.25, 0.3) is 0 Å². The maximum Gasteiger partial charge on any atom is 0.416 e. The lowest BCUT2D eigenvalue weighted by molar-refractivity contribution is -0.137. The Morgan fingerprint density at radius 1 is 1.35 bits per heavy atom. The molecule has 0 bridgehead atoms. The summed E-state index contributed by atoms with van der Waals surface area (Å²) >= 11 is 0. The molecule has 0 aliphatic carbocycles. The van der Waals surface area contributed by atoms with Gasteiger partial charge in [0.2, 0.25) is 0 Å². The number of aromatic nitrogens is 2. The molecule has 0 spiro atoms. The summed E-state index contributed by atoms with van der Waals surface area (Å²) in [7, 11) is 1.87. The molecule has 3 rings (SSSR count). The molecule has 23 heavy (non-hydrogen) atoms. The number of nitrogens with zero attached hydrogens (tertiary/aromatic N) is 3. The summed E-state index contributed by atoms with van der Waals surface area (Å²) in [5, 5.41) is 9.97. The normalized spacial score (nSPS) is 22.7. The second-order valence-corrected chi connectivity index (χ2v) is 5.95. The number of β-amino-alcohol motifs (C(OH)–C–C–N with tert-alkyl or cyclic N) is 1. The van der Waals surface area contributed by atoms with Gasteiger partial charge in [-0.1, -0.05) is 12.1 Å². The summed E-state index contributed by atoms with van der Waals surface area (Å²) in [6.07, 6.45) is -1.06. The minimum absolute atomic E-state index is 0.234. The number of aryl methyl sites for hydroxylation is 1. The molecule has 2 aromatic rings. The van der Waals surface area contributed by atoms with Gasteiger partial charge in [0.05, 0.1) is 23.7 Å². The molecule has 1 fully saturated rings. The van der Waals surface area contributed by atoms with Crippen LogP contribution >= 0.6 is 0 Å². The maximum atomic E-state index is 12.9. The van der Waals surface area contributed by atoms with Gasteiger partial charge in [-0.2, -0.15) is 13.2 Å². The molecule has 1 saturated heterocycles. The van der Waals surface area contributed by atoms with Gasteiger partial charge in [0.1, 0.15) is 0 Å². The van der Waals surface area contributed by atoms with Crippen molar-refractivity contribution in [3.05, 3.63) is 53.6 Å². The molecule has 0 amide bonds. The Morgan fingerprint density at radius 2 is 2.13 bits per heavy atom. The summed E-state index contributed by atoms with van der Waals surface area (Å²) in [6.45, 7) is 0.973. The highest BCUT2D eigenvalue weighted by molar-refractivity contribution is 5.29. The third kappa shape index (κ3) is 3.40. The Kier molecular flexibility index (Phi) is 4.16. The van der Waals surface area contributed by atoms with E-state index in [1.54, 1.807) is 18.6 Å². The van der Waals surface area contributed by atoms with Crippen LogP contribution in [-0.2, 0) is 19.8 Å². The fourth-order valence-electron chi connectivity index (χ4n) is 3.07. The molecule has 7 heteroatoms. The molecule has 0 saturated carbocycles. The predicted octanol–water partition coefficient (Wildman–Crippen LogP) is 2.75. The average molecular weight is 325 g/mol. The van der Waals surface area contributed by atoms with E-state index in [0.29, 0.717) is 25.1 Å². The molecule has 4 nitrogen and oxygen atoms in total. The van der Waals surface area contributed by atoms with E-state index in [9.17, 15) is 18.3 Å². The SMILES string of the molecule is Cn1cncc1CN1C[C@@H](O)C[C@@H]1c1cccc(C(F)(F)F)c1. The van der Waals surface area contributed by atoms with Crippen molar-refractivity contribution in [1.29, 1.82) is 0 Å². The van der Waals surface area contributed by atoms with E-state index in [1.165, 1.54) is 12.1 Å². The van der Waals surface area contributed by atoms with E-state index in [2.05, 4.69) is 4.98 Å². The number of aliphatic hydroxyl groups is 1. The molecule has 124 valence electrons. The van der Waals surface area contributed by atoms with Gasteiger partial charge in [0, 0.05) is 32.4 Å². The summed E-state index contributed by atoms with van der Waals surface area (Å²) in [4.78, 5) is 6.05. The van der Waals surface area contributed by atoms with Crippen molar-refractivity contribution in [2.24, 2.45) is 7.05 Å². The maximum absolute atomic E-state index is 12.9. The first-order chi connectivity index (χ1) is 10.8. The monoisotopic (exact) mass is 325 g/mol. The first-order valence-corrected chi connectivity index (χ1v) is 7.39. The van der Waals surface area contributed by atoms with Crippen molar-refractivity contribution in [2.45, 2.75) is 31.3 Å². The molecule has 2 heterocycles. The van der Waals surface area contributed by atoms with Crippen LogP contribution in [0.15, 0.2) is 36.8 Å². The Balaban J connectivity index is 1.86. The van der Waals surface area contributed by atoms with E-state index in [1.807, 2.05) is 16.5 Å². The highest BCUT2D eigenvalue weighted by atomic mass is 19.4. The van der Waals surface area contributed by atoms with Crippen LogP contribution in [-0.4, -0.2) is 32.2 Å². The van der Waals surface area contributed by atoms with E-state index in [-0.39, 0.29) is 6.04 Å². The summed E-state index contributed by atoms with van der Waals surface area (Å²) in [6, 6.07) is 5.13. The highest BCUT2D eigenvalue weighted by Gasteiger charge is 2.35. The molecular weight excluding hydrogens is 307 g/mol. The Hall–Kier alpha value is -1.86. The van der Waals surface area contributed by atoms with Crippen LogP contribution in [0.2, 0.25) is 0 Å². The molecule has 1 N–H and O–H groups in total. The number of hydrogen-bond acceptors (Lipinski definition) is 3. The van der Waals surface area contributed by atoms with Crippen LogP contribution in [0.5, 0.6) is 0 Å². The topological polar surface area (TPSA) is 41.3 Å². The zero-order chi connectivity index (χ0) is 16.6. The van der Waals surface area contributed by atoms with Crippen LogP contribution in [0.4, 0.5) is 13.2 Å². The first-order valence-electron chi connectivity index (χ1n) is 7.39. The number of likely N-dealkylation sites (tertiary alicyclic amines) is 1. The number of aliphatic hydroxyl groups excluding tert-OH is 1.